The van der Waals surface area contributed by atoms with E-state index in [1.807, 2.05) is 52.0 Å². The van der Waals surface area contributed by atoms with Crippen molar-refractivity contribution >= 4 is 23.4 Å². The van der Waals surface area contributed by atoms with Crippen LogP contribution in [0.2, 0.25) is 0 Å². The first kappa shape index (κ1) is 24.6. The van der Waals surface area contributed by atoms with Crippen LogP contribution in [0.3, 0.4) is 0 Å². The highest BCUT2D eigenvalue weighted by Crippen LogP contribution is 2.18. The number of rotatable bonds is 8. The quantitative estimate of drug-likeness (QED) is 0.244. The van der Waals surface area contributed by atoms with E-state index < -0.39 is 16.6 Å². The molecule has 0 bridgehead atoms. The van der Waals surface area contributed by atoms with Crippen LogP contribution in [0.15, 0.2) is 53.5 Å². The SMILES string of the molecule is CCNC(=NCc1ccccc1[N+](=O)[O-])NCCc1ccc(NC(=O)OC(C)(C)C)cc1. The van der Waals surface area contributed by atoms with Crippen molar-refractivity contribution in [1.82, 2.24) is 10.6 Å². The van der Waals surface area contributed by atoms with E-state index in [-0.39, 0.29) is 12.2 Å². The number of anilines is 1. The molecule has 0 saturated carbocycles. The number of amides is 1. The summed E-state index contributed by atoms with van der Waals surface area (Å²) in [7, 11) is 0. The van der Waals surface area contributed by atoms with E-state index in [1.165, 1.54) is 6.07 Å². The van der Waals surface area contributed by atoms with E-state index in [9.17, 15) is 14.9 Å². The summed E-state index contributed by atoms with van der Waals surface area (Å²) in [5.74, 6) is 0.592. The second kappa shape index (κ2) is 11.7. The molecule has 0 aromatic heterocycles. The largest absolute Gasteiger partial charge is 0.444 e. The number of nitrogens with one attached hydrogen (secondary N) is 3. The third kappa shape index (κ3) is 8.63. The lowest BCUT2D eigenvalue weighted by Crippen LogP contribution is -2.38. The van der Waals surface area contributed by atoms with Gasteiger partial charge in [-0.05, 0) is 51.8 Å². The van der Waals surface area contributed by atoms with Crippen LogP contribution in [-0.4, -0.2) is 35.7 Å². The summed E-state index contributed by atoms with van der Waals surface area (Å²) >= 11 is 0. The Morgan fingerprint density at radius 3 is 2.41 bits per heavy atom. The van der Waals surface area contributed by atoms with E-state index in [0.717, 1.165) is 12.0 Å². The summed E-state index contributed by atoms with van der Waals surface area (Å²) in [6.07, 6.45) is 0.250. The Hall–Kier alpha value is -3.62. The molecule has 32 heavy (non-hydrogen) atoms. The molecule has 0 heterocycles. The second-order valence-electron chi connectivity index (χ2n) is 8.08. The lowest BCUT2D eigenvalue weighted by atomic mass is 10.1. The fourth-order valence-electron chi connectivity index (χ4n) is 2.83. The summed E-state index contributed by atoms with van der Waals surface area (Å²) in [5, 5.41) is 20.3. The van der Waals surface area contributed by atoms with Crippen LogP contribution in [0.1, 0.15) is 38.8 Å². The molecule has 0 unspecified atom stereocenters. The number of hydrogen-bond donors (Lipinski definition) is 3. The predicted molar refractivity (Wildman–Crippen MR) is 126 cm³/mol. The molecule has 0 atom stereocenters. The van der Waals surface area contributed by atoms with Crippen LogP contribution in [0.4, 0.5) is 16.2 Å². The Bertz CT molecular complexity index is 936. The first-order chi connectivity index (χ1) is 15.2. The maximum atomic E-state index is 11.8. The maximum absolute atomic E-state index is 11.8. The molecule has 172 valence electrons. The Morgan fingerprint density at radius 2 is 1.78 bits per heavy atom. The lowest BCUT2D eigenvalue weighted by molar-refractivity contribution is -0.385. The van der Waals surface area contributed by atoms with Crippen molar-refractivity contribution in [2.75, 3.05) is 18.4 Å². The van der Waals surface area contributed by atoms with Crippen molar-refractivity contribution in [2.24, 2.45) is 4.99 Å². The third-order valence-corrected chi connectivity index (χ3v) is 4.25. The topological polar surface area (TPSA) is 118 Å². The number of ether oxygens (including phenoxy) is 1. The van der Waals surface area contributed by atoms with Crippen molar-refractivity contribution in [3.8, 4) is 0 Å². The molecule has 2 aromatic carbocycles. The molecule has 0 fully saturated rings. The minimum Gasteiger partial charge on any atom is -0.444 e. The highest BCUT2D eigenvalue weighted by molar-refractivity contribution is 5.84. The molecule has 0 aliphatic carbocycles. The Morgan fingerprint density at radius 1 is 1.09 bits per heavy atom. The number of benzene rings is 2. The van der Waals surface area contributed by atoms with Crippen LogP contribution >= 0.6 is 0 Å². The van der Waals surface area contributed by atoms with E-state index in [4.69, 9.17) is 4.74 Å². The van der Waals surface area contributed by atoms with Crippen molar-refractivity contribution in [3.05, 3.63) is 69.8 Å². The molecule has 0 saturated heterocycles. The maximum Gasteiger partial charge on any atom is 0.412 e. The summed E-state index contributed by atoms with van der Waals surface area (Å²) in [6, 6.07) is 14.1. The standard InChI is InChI=1S/C23H31N5O4/c1-5-24-21(26-16-18-8-6-7-9-20(18)28(30)31)25-15-14-17-10-12-19(13-11-17)27-22(29)32-23(2,3)4/h6-13H,5,14-16H2,1-4H3,(H,27,29)(H2,24,25,26). The summed E-state index contributed by atoms with van der Waals surface area (Å²) < 4.78 is 5.24. The average molecular weight is 442 g/mol. The van der Waals surface area contributed by atoms with E-state index in [2.05, 4.69) is 20.9 Å². The van der Waals surface area contributed by atoms with Gasteiger partial charge in [-0.1, -0.05) is 30.3 Å². The third-order valence-electron chi connectivity index (χ3n) is 4.25. The zero-order valence-corrected chi connectivity index (χ0v) is 19.0. The number of nitro benzene ring substituents is 1. The zero-order chi connectivity index (χ0) is 23.6. The molecule has 1 amide bonds. The van der Waals surface area contributed by atoms with Gasteiger partial charge in [0.1, 0.15) is 5.60 Å². The highest BCUT2D eigenvalue weighted by atomic mass is 16.6. The fourth-order valence-corrected chi connectivity index (χ4v) is 2.83. The molecular formula is C23H31N5O4. The van der Waals surface area contributed by atoms with Crippen molar-refractivity contribution < 1.29 is 14.5 Å². The number of carbonyl (C=O) groups excluding carboxylic acids is 1. The Labute approximate surface area is 188 Å². The van der Waals surface area contributed by atoms with Gasteiger partial charge in [0.2, 0.25) is 0 Å². The minimum atomic E-state index is -0.549. The Balaban J connectivity index is 1.89. The van der Waals surface area contributed by atoms with Crippen LogP contribution < -0.4 is 16.0 Å². The van der Waals surface area contributed by atoms with Crippen LogP contribution in [0.25, 0.3) is 0 Å². The number of nitrogens with zero attached hydrogens (tertiary/aromatic N) is 2. The van der Waals surface area contributed by atoms with Gasteiger partial charge in [-0.15, -0.1) is 0 Å². The van der Waals surface area contributed by atoms with Crippen LogP contribution in [0.5, 0.6) is 0 Å². The fraction of sp³-hybridized carbons (Fsp3) is 0.391. The second-order valence-corrected chi connectivity index (χ2v) is 8.08. The van der Waals surface area contributed by atoms with Gasteiger partial charge in [0, 0.05) is 24.8 Å². The average Bonchev–Trinajstić information content (AvgIpc) is 2.72. The van der Waals surface area contributed by atoms with Gasteiger partial charge in [0.05, 0.1) is 17.0 Å². The molecule has 2 rings (SSSR count). The van der Waals surface area contributed by atoms with E-state index in [1.54, 1.807) is 18.2 Å². The monoisotopic (exact) mass is 441 g/mol. The predicted octanol–water partition coefficient (Wildman–Crippen LogP) is 4.24. The molecule has 9 nitrogen and oxygen atoms in total. The van der Waals surface area contributed by atoms with E-state index in [0.29, 0.717) is 30.3 Å². The molecule has 2 aromatic rings. The smallest absolute Gasteiger partial charge is 0.412 e. The molecule has 3 N–H and O–H groups in total. The van der Waals surface area contributed by atoms with Gasteiger partial charge in [-0.25, -0.2) is 9.79 Å². The number of carbonyl (C=O) groups is 1. The molecule has 0 spiro atoms. The number of guanidine groups is 1. The first-order valence-corrected chi connectivity index (χ1v) is 10.5. The molecular weight excluding hydrogens is 410 g/mol. The summed E-state index contributed by atoms with van der Waals surface area (Å²) in [4.78, 5) is 27.1. The van der Waals surface area contributed by atoms with Gasteiger partial charge in [-0.3, -0.25) is 15.4 Å². The van der Waals surface area contributed by atoms with Gasteiger partial charge in [-0.2, -0.15) is 0 Å². The number of para-hydroxylation sites is 1. The normalized spacial score (nSPS) is 11.6. The van der Waals surface area contributed by atoms with E-state index >= 15 is 0 Å². The number of aliphatic imine (C=N–C) groups is 1. The van der Waals surface area contributed by atoms with Crippen molar-refractivity contribution in [3.63, 3.8) is 0 Å². The summed E-state index contributed by atoms with van der Waals surface area (Å²) in [5.41, 5.74) is 1.82. The molecule has 0 radical (unpaired) electrons. The van der Waals surface area contributed by atoms with Crippen LogP contribution in [0, 0.1) is 10.1 Å². The van der Waals surface area contributed by atoms with Gasteiger partial charge in [0.15, 0.2) is 5.96 Å². The van der Waals surface area contributed by atoms with Crippen molar-refractivity contribution in [2.45, 2.75) is 46.3 Å². The van der Waals surface area contributed by atoms with Gasteiger partial charge < -0.3 is 15.4 Å². The van der Waals surface area contributed by atoms with Crippen LogP contribution in [-0.2, 0) is 17.7 Å². The number of nitro groups is 1. The first-order valence-electron chi connectivity index (χ1n) is 10.5. The van der Waals surface area contributed by atoms with Gasteiger partial charge in [0.25, 0.3) is 5.69 Å². The highest BCUT2D eigenvalue weighted by Gasteiger charge is 2.16. The lowest BCUT2D eigenvalue weighted by Gasteiger charge is -2.19. The minimum absolute atomic E-state index is 0.0622. The molecule has 0 aliphatic rings. The van der Waals surface area contributed by atoms with Gasteiger partial charge >= 0.3 is 6.09 Å². The Kier molecular flexibility index (Phi) is 9.00. The zero-order valence-electron chi connectivity index (χ0n) is 19.0. The molecule has 9 heteroatoms. The summed E-state index contributed by atoms with van der Waals surface area (Å²) in [6.45, 7) is 8.91. The molecule has 0 aliphatic heterocycles. The number of hydrogen-bond acceptors (Lipinski definition) is 5. The van der Waals surface area contributed by atoms with Crippen molar-refractivity contribution in [1.29, 1.82) is 0 Å².